The van der Waals surface area contributed by atoms with Gasteiger partial charge in [0.15, 0.2) is 0 Å². The molecule has 8 heteroatoms. The van der Waals surface area contributed by atoms with Crippen LogP contribution in [0.4, 0.5) is 6.01 Å². The Morgan fingerprint density at radius 1 is 1.04 bits per heavy atom. The van der Waals surface area contributed by atoms with E-state index in [0.29, 0.717) is 17.7 Å². The number of carbonyl (C=O) groups is 2. The van der Waals surface area contributed by atoms with Crippen LogP contribution in [0.2, 0.25) is 0 Å². The van der Waals surface area contributed by atoms with Crippen molar-refractivity contribution >= 4 is 17.8 Å². The first-order chi connectivity index (χ1) is 13.7. The Morgan fingerprint density at radius 3 is 2.50 bits per heavy atom. The van der Waals surface area contributed by atoms with Gasteiger partial charge >= 0.3 is 6.01 Å². The van der Waals surface area contributed by atoms with Crippen LogP contribution < -0.4 is 15.4 Å². The monoisotopic (exact) mass is 380 g/mol. The predicted molar refractivity (Wildman–Crippen MR) is 103 cm³/mol. The molecule has 0 fully saturated rings. The molecule has 1 aromatic heterocycles. The Kier molecular flexibility index (Phi) is 6.35. The molecule has 0 saturated carbocycles. The highest BCUT2D eigenvalue weighted by Gasteiger charge is 2.12. The van der Waals surface area contributed by atoms with E-state index in [1.165, 1.54) is 0 Å². The zero-order valence-electron chi connectivity index (χ0n) is 15.3. The second kappa shape index (κ2) is 9.31. The maximum Gasteiger partial charge on any atom is 0.322 e. The summed E-state index contributed by atoms with van der Waals surface area (Å²) in [6, 6.07) is 16.0. The smallest absolute Gasteiger partial charge is 0.322 e. The van der Waals surface area contributed by atoms with Crippen LogP contribution in [0.1, 0.15) is 23.7 Å². The van der Waals surface area contributed by atoms with Gasteiger partial charge < -0.3 is 14.5 Å². The molecule has 0 atom stereocenters. The van der Waals surface area contributed by atoms with Crippen LogP contribution in [0.25, 0.3) is 11.5 Å². The van der Waals surface area contributed by atoms with Gasteiger partial charge in [-0.3, -0.25) is 14.9 Å². The van der Waals surface area contributed by atoms with Crippen molar-refractivity contribution in [3.63, 3.8) is 0 Å². The Hall–Kier alpha value is -3.68. The van der Waals surface area contributed by atoms with Crippen molar-refractivity contribution in [3.05, 3.63) is 60.2 Å². The number of ether oxygens (including phenoxy) is 1. The first-order valence-electron chi connectivity index (χ1n) is 8.85. The highest BCUT2D eigenvalue weighted by Crippen LogP contribution is 2.22. The summed E-state index contributed by atoms with van der Waals surface area (Å²) in [5, 5.41) is 12.9. The van der Waals surface area contributed by atoms with E-state index < -0.39 is 0 Å². The van der Waals surface area contributed by atoms with Crippen molar-refractivity contribution in [2.45, 2.75) is 13.3 Å². The van der Waals surface area contributed by atoms with Crippen LogP contribution >= 0.6 is 0 Å². The van der Waals surface area contributed by atoms with Crippen LogP contribution in [0.3, 0.4) is 0 Å². The fourth-order valence-electron chi connectivity index (χ4n) is 2.41. The van der Waals surface area contributed by atoms with E-state index in [1.807, 2.05) is 13.0 Å². The molecule has 3 aromatic rings. The molecule has 28 heavy (non-hydrogen) atoms. The van der Waals surface area contributed by atoms with Gasteiger partial charge in [-0.1, -0.05) is 23.3 Å². The van der Waals surface area contributed by atoms with E-state index in [0.717, 1.165) is 5.75 Å². The molecule has 0 saturated heterocycles. The maximum absolute atomic E-state index is 12.0. The second-order valence-electron chi connectivity index (χ2n) is 5.79. The first-order valence-corrected chi connectivity index (χ1v) is 8.85. The molecule has 2 amide bonds. The molecule has 0 unspecified atom stereocenters. The van der Waals surface area contributed by atoms with E-state index in [1.54, 1.807) is 48.5 Å². The number of carbonyl (C=O) groups excluding carboxylic acids is 2. The molecular formula is C20H20N4O4. The normalized spacial score (nSPS) is 10.3. The van der Waals surface area contributed by atoms with Gasteiger partial charge in [-0.2, -0.15) is 0 Å². The summed E-state index contributed by atoms with van der Waals surface area (Å²) in [7, 11) is 0. The fraction of sp³-hybridized carbons (Fsp3) is 0.200. The standard InChI is InChI=1S/C20H20N4O4/c1-2-27-16-10-8-15(9-11-16)19-23-24-20(28-19)22-17(25)12-13-21-18(26)14-6-4-3-5-7-14/h3-11H,2,12-13H2,1H3,(H,21,26)(H,22,24,25). The average molecular weight is 380 g/mol. The predicted octanol–water partition coefficient (Wildman–Crippen LogP) is 2.89. The molecule has 1 heterocycles. The number of anilines is 1. The van der Waals surface area contributed by atoms with Crippen molar-refractivity contribution in [1.29, 1.82) is 0 Å². The summed E-state index contributed by atoms with van der Waals surface area (Å²) in [4.78, 5) is 23.9. The van der Waals surface area contributed by atoms with E-state index in [9.17, 15) is 9.59 Å². The summed E-state index contributed by atoms with van der Waals surface area (Å²) in [5.41, 5.74) is 1.26. The van der Waals surface area contributed by atoms with Crippen LogP contribution in [-0.4, -0.2) is 35.2 Å². The molecule has 3 rings (SSSR count). The molecule has 144 valence electrons. The number of benzene rings is 2. The number of nitrogens with one attached hydrogen (secondary N) is 2. The Balaban J connectivity index is 1.48. The van der Waals surface area contributed by atoms with Gasteiger partial charge in [-0.15, -0.1) is 5.10 Å². The summed E-state index contributed by atoms with van der Waals surface area (Å²) < 4.78 is 10.8. The molecule has 0 spiro atoms. The Labute approximate surface area is 161 Å². The van der Waals surface area contributed by atoms with E-state index in [-0.39, 0.29) is 36.7 Å². The molecule has 0 aliphatic heterocycles. The highest BCUT2D eigenvalue weighted by molar-refractivity contribution is 5.94. The van der Waals surface area contributed by atoms with Gasteiger partial charge in [0.05, 0.1) is 6.61 Å². The number of amides is 2. The summed E-state index contributed by atoms with van der Waals surface area (Å²) >= 11 is 0. The Morgan fingerprint density at radius 2 is 1.79 bits per heavy atom. The summed E-state index contributed by atoms with van der Waals surface area (Å²) in [6.07, 6.45) is 0.0827. The third-order valence-electron chi connectivity index (χ3n) is 3.76. The summed E-state index contributed by atoms with van der Waals surface area (Å²) in [6.45, 7) is 2.69. The minimum absolute atomic E-state index is 0.00303. The van der Waals surface area contributed by atoms with Crippen molar-refractivity contribution in [3.8, 4) is 17.2 Å². The third-order valence-corrected chi connectivity index (χ3v) is 3.76. The quantitative estimate of drug-likeness (QED) is 0.622. The number of rotatable bonds is 8. The molecule has 2 aromatic carbocycles. The second-order valence-corrected chi connectivity index (χ2v) is 5.79. The molecule has 0 bridgehead atoms. The van der Waals surface area contributed by atoms with Crippen LogP contribution in [0, 0.1) is 0 Å². The Bertz CT molecular complexity index is 923. The lowest BCUT2D eigenvalue weighted by Gasteiger charge is -2.04. The van der Waals surface area contributed by atoms with Gasteiger partial charge in [0, 0.05) is 24.1 Å². The molecule has 8 nitrogen and oxygen atoms in total. The average Bonchev–Trinajstić information content (AvgIpc) is 3.18. The fourth-order valence-corrected chi connectivity index (χ4v) is 2.41. The number of nitrogens with zero attached hydrogens (tertiary/aromatic N) is 2. The number of aromatic nitrogens is 2. The largest absolute Gasteiger partial charge is 0.494 e. The lowest BCUT2D eigenvalue weighted by atomic mass is 10.2. The minimum atomic E-state index is -0.338. The molecule has 0 radical (unpaired) electrons. The lowest BCUT2D eigenvalue weighted by Crippen LogP contribution is -2.27. The van der Waals surface area contributed by atoms with Gasteiger partial charge in [0.2, 0.25) is 11.8 Å². The molecule has 0 aliphatic carbocycles. The summed E-state index contributed by atoms with van der Waals surface area (Å²) in [5.74, 6) is 0.465. The highest BCUT2D eigenvalue weighted by atomic mass is 16.5. The van der Waals surface area contributed by atoms with E-state index in [4.69, 9.17) is 9.15 Å². The van der Waals surface area contributed by atoms with Gasteiger partial charge in [-0.25, -0.2) is 0 Å². The van der Waals surface area contributed by atoms with Crippen molar-refractivity contribution < 1.29 is 18.7 Å². The van der Waals surface area contributed by atoms with Crippen LogP contribution in [-0.2, 0) is 4.79 Å². The number of hydrogen-bond donors (Lipinski definition) is 2. The van der Waals surface area contributed by atoms with Crippen LogP contribution in [0.15, 0.2) is 59.0 Å². The van der Waals surface area contributed by atoms with Gasteiger partial charge in [-0.05, 0) is 43.3 Å². The number of hydrogen-bond acceptors (Lipinski definition) is 6. The molecule has 2 N–H and O–H groups in total. The van der Waals surface area contributed by atoms with Crippen molar-refractivity contribution in [2.75, 3.05) is 18.5 Å². The minimum Gasteiger partial charge on any atom is -0.494 e. The topological polar surface area (TPSA) is 106 Å². The third kappa shape index (κ3) is 5.16. The first kappa shape index (κ1) is 19.1. The molecule has 0 aliphatic rings. The zero-order chi connectivity index (χ0) is 19.8. The van der Waals surface area contributed by atoms with E-state index in [2.05, 4.69) is 20.8 Å². The van der Waals surface area contributed by atoms with Crippen molar-refractivity contribution in [1.82, 2.24) is 15.5 Å². The van der Waals surface area contributed by atoms with Gasteiger partial charge in [0.1, 0.15) is 5.75 Å². The van der Waals surface area contributed by atoms with Crippen LogP contribution in [0.5, 0.6) is 5.75 Å². The zero-order valence-corrected chi connectivity index (χ0v) is 15.3. The van der Waals surface area contributed by atoms with E-state index >= 15 is 0 Å². The molecular weight excluding hydrogens is 360 g/mol. The maximum atomic E-state index is 12.0. The van der Waals surface area contributed by atoms with Crippen molar-refractivity contribution in [2.24, 2.45) is 0 Å². The SMILES string of the molecule is CCOc1ccc(-c2nnc(NC(=O)CCNC(=O)c3ccccc3)o2)cc1. The lowest BCUT2D eigenvalue weighted by molar-refractivity contribution is -0.116. The van der Waals surface area contributed by atoms with Gasteiger partial charge in [0.25, 0.3) is 5.91 Å².